The number of hydrogen-bond acceptors (Lipinski definition) is 5. The van der Waals surface area contributed by atoms with E-state index in [9.17, 15) is 26.0 Å². The lowest BCUT2D eigenvalue weighted by molar-refractivity contribution is -0.136. The first kappa shape index (κ1) is 22.1. The molecular formula is C18H26FN3O5S2. The Labute approximate surface area is 171 Å². The fourth-order valence-electron chi connectivity index (χ4n) is 3.87. The van der Waals surface area contributed by atoms with Crippen LogP contribution in [0, 0.1) is 5.82 Å². The third kappa shape index (κ3) is 4.96. The Hall–Kier alpha value is -1.56. The van der Waals surface area contributed by atoms with Crippen LogP contribution in [0.2, 0.25) is 0 Å². The highest BCUT2D eigenvalue weighted by atomic mass is 32.2. The van der Waals surface area contributed by atoms with E-state index in [2.05, 4.69) is 0 Å². The molecule has 0 N–H and O–H groups in total. The number of carbonyl (C=O) groups is 1. The van der Waals surface area contributed by atoms with Crippen LogP contribution >= 0.6 is 0 Å². The fourth-order valence-corrected chi connectivity index (χ4v) is 6.46. The lowest BCUT2D eigenvalue weighted by Gasteiger charge is -2.35. The molecule has 0 aromatic heterocycles. The van der Waals surface area contributed by atoms with Crippen LogP contribution < -0.4 is 0 Å². The van der Waals surface area contributed by atoms with Crippen molar-refractivity contribution in [3.05, 3.63) is 30.1 Å². The van der Waals surface area contributed by atoms with E-state index in [1.54, 1.807) is 4.90 Å². The number of amides is 1. The van der Waals surface area contributed by atoms with E-state index in [0.717, 1.165) is 31.2 Å². The Bertz CT molecular complexity index is 950. The molecule has 1 aromatic carbocycles. The first-order valence-electron chi connectivity index (χ1n) is 9.62. The van der Waals surface area contributed by atoms with Gasteiger partial charge in [-0.1, -0.05) is 6.42 Å². The van der Waals surface area contributed by atoms with Crippen LogP contribution in [0.3, 0.4) is 0 Å². The van der Waals surface area contributed by atoms with E-state index in [1.165, 1.54) is 20.7 Å². The molecule has 162 valence electrons. The van der Waals surface area contributed by atoms with Gasteiger partial charge in [0.1, 0.15) is 11.9 Å². The highest BCUT2D eigenvalue weighted by Crippen LogP contribution is 2.23. The lowest BCUT2D eigenvalue weighted by Crippen LogP contribution is -2.53. The lowest BCUT2D eigenvalue weighted by atomic mass is 10.0. The molecule has 0 radical (unpaired) electrons. The molecule has 1 aromatic rings. The minimum Gasteiger partial charge on any atom is -0.340 e. The maximum atomic E-state index is 13.1. The molecule has 3 rings (SSSR count). The maximum absolute atomic E-state index is 13.1. The van der Waals surface area contributed by atoms with E-state index in [4.69, 9.17) is 0 Å². The van der Waals surface area contributed by atoms with Gasteiger partial charge in [0, 0.05) is 32.7 Å². The molecule has 29 heavy (non-hydrogen) atoms. The van der Waals surface area contributed by atoms with E-state index in [0.29, 0.717) is 25.9 Å². The topological polar surface area (TPSA) is 95.1 Å². The predicted octanol–water partition coefficient (Wildman–Crippen LogP) is 0.863. The molecule has 11 heteroatoms. The molecule has 0 spiro atoms. The summed E-state index contributed by atoms with van der Waals surface area (Å²) in [6.07, 6.45) is 3.53. The second-order valence-corrected chi connectivity index (χ2v) is 11.3. The molecule has 1 amide bonds. The zero-order chi connectivity index (χ0) is 21.2. The summed E-state index contributed by atoms with van der Waals surface area (Å²) in [7, 11) is -7.28. The van der Waals surface area contributed by atoms with Crippen molar-refractivity contribution in [1.82, 2.24) is 13.5 Å². The van der Waals surface area contributed by atoms with E-state index in [-0.39, 0.29) is 30.4 Å². The quantitative estimate of drug-likeness (QED) is 0.682. The van der Waals surface area contributed by atoms with E-state index < -0.39 is 31.9 Å². The Balaban J connectivity index is 1.72. The highest BCUT2D eigenvalue weighted by molar-refractivity contribution is 7.89. The Morgan fingerprint density at radius 1 is 0.931 bits per heavy atom. The molecule has 2 fully saturated rings. The number of piperidine rings is 1. The summed E-state index contributed by atoms with van der Waals surface area (Å²) in [6.45, 7) is 1.23. The average Bonchev–Trinajstić information content (AvgIpc) is 2.94. The summed E-state index contributed by atoms with van der Waals surface area (Å²) < 4.78 is 65.4. The molecule has 0 saturated carbocycles. The third-order valence-electron chi connectivity index (χ3n) is 5.38. The minimum atomic E-state index is -3.79. The van der Waals surface area contributed by atoms with Gasteiger partial charge in [0.25, 0.3) is 0 Å². The van der Waals surface area contributed by atoms with Crippen molar-refractivity contribution in [1.29, 1.82) is 0 Å². The number of carbonyl (C=O) groups excluding carboxylic acids is 1. The van der Waals surface area contributed by atoms with Gasteiger partial charge in [-0.3, -0.25) is 4.79 Å². The Kier molecular flexibility index (Phi) is 6.61. The first-order valence-corrected chi connectivity index (χ1v) is 12.9. The van der Waals surface area contributed by atoms with Gasteiger partial charge in [-0.25, -0.2) is 21.2 Å². The van der Waals surface area contributed by atoms with Crippen LogP contribution in [0.4, 0.5) is 4.39 Å². The number of nitrogens with zero attached hydrogens (tertiary/aromatic N) is 3. The van der Waals surface area contributed by atoms with Gasteiger partial charge in [0.05, 0.1) is 11.2 Å². The molecule has 0 bridgehead atoms. The van der Waals surface area contributed by atoms with Crippen molar-refractivity contribution in [2.24, 2.45) is 0 Å². The summed E-state index contributed by atoms with van der Waals surface area (Å²) in [4.78, 5) is 14.6. The SMILES string of the molecule is CS(=O)(=O)N1CCCCC1C(=O)N1CCCN(S(=O)(=O)c2ccc(F)cc2)CC1. The second-order valence-electron chi connectivity index (χ2n) is 7.42. The third-order valence-corrected chi connectivity index (χ3v) is 8.58. The van der Waals surface area contributed by atoms with Crippen molar-refractivity contribution < 1.29 is 26.0 Å². The maximum Gasteiger partial charge on any atom is 0.243 e. The minimum absolute atomic E-state index is 0.00853. The van der Waals surface area contributed by atoms with Gasteiger partial charge in [-0.05, 0) is 43.5 Å². The monoisotopic (exact) mass is 447 g/mol. The van der Waals surface area contributed by atoms with E-state index >= 15 is 0 Å². The summed E-state index contributed by atoms with van der Waals surface area (Å²) in [6, 6.07) is 3.93. The van der Waals surface area contributed by atoms with Crippen molar-refractivity contribution in [2.75, 3.05) is 39.0 Å². The van der Waals surface area contributed by atoms with Crippen LogP contribution in [0.5, 0.6) is 0 Å². The van der Waals surface area contributed by atoms with Crippen molar-refractivity contribution in [2.45, 2.75) is 36.6 Å². The number of benzene rings is 1. The summed E-state index contributed by atoms with van der Waals surface area (Å²) >= 11 is 0. The number of rotatable bonds is 4. The van der Waals surface area contributed by atoms with Gasteiger partial charge < -0.3 is 4.90 Å². The molecule has 2 heterocycles. The molecule has 8 nitrogen and oxygen atoms in total. The van der Waals surface area contributed by atoms with Crippen molar-refractivity contribution in [3.8, 4) is 0 Å². The number of hydrogen-bond donors (Lipinski definition) is 0. The predicted molar refractivity (Wildman–Crippen MR) is 106 cm³/mol. The van der Waals surface area contributed by atoms with Gasteiger partial charge in [-0.15, -0.1) is 0 Å². The number of sulfonamides is 2. The molecule has 2 aliphatic heterocycles. The molecule has 2 aliphatic rings. The van der Waals surface area contributed by atoms with Gasteiger partial charge >= 0.3 is 0 Å². The standard InChI is InChI=1S/C18H26FN3O5S2/c1-28(24,25)22-12-3-2-5-17(22)18(23)20-10-4-11-21(14-13-20)29(26,27)16-8-6-15(19)7-9-16/h6-9,17H,2-5,10-14H2,1H3. The zero-order valence-electron chi connectivity index (χ0n) is 16.3. The van der Waals surface area contributed by atoms with Gasteiger partial charge in [0.15, 0.2) is 0 Å². The molecule has 2 saturated heterocycles. The van der Waals surface area contributed by atoms with Crippen LogP contribution in [0.15, 0.2) is 29.2 Å². The van der Waals surface area contributed by atoms with Crippen LogP contribution in [0.25, 0.3) is 0 Å². The van der Waals surface area contributed by atoms with Crippen LogP contribution in [-0.4, -0.2) is 81.3 Å². The second kappa shape index (κ2) is 8.66. The summed E-state index contributed by atoms with van der Waals surface area (Å²) in [5.74, 6) is -0.782. The summed E-state index contributed by atoms with van der Waals surface area (Å²) in [5.41, 5.74) is 0. The molecule has 1 atom stereocenters. The normalized spacial score (nSPS) is 23.0. The van der Waals surface area contributed by atoms with Crippen LogP contribution in [0.1, 0.15) is 25.7 Å². The molecule has 1 unspecified atom stereocenters. The smallest absolute Gasteiger partial charge is 0.243 e. The fraction of sp³-hybridized carbons (Fsp3) is 0.611. The summed E-state index contributed by atoms with van der Waals surface area (Å²) in [5, 5.41) is 0. The molecular weight excluding hydrogens is 421 g/mol. The van der Waals surface area contributed by atoms with Crippen molar-refractivity contribution >= 4 is 26.0 Å². The molecule has 0 aliphatic carbocycles. The van der Waals surface area contributed by atoms with Crippen LogP contribution in [-0.2, 0) is 24.8 Å². The van der Waals surface area contributed by atoms with Gasteiger partial charge in [0.2, 0.25) is 26.0 Å². The number of halogens is 1. The van der Waals surface area contributed by atoms with E-state index in [1.807, 2.05) is 0 Å². The zero-order valence-corrected chi connectivity index (χ0v) is 18.0. The average molecular weight is 448 g/mol. The first-order chi connectivity index (χ1) is 13.6. The largest absolute Gasteiger partial charge is 0.340 e. The highest BCUT2D eigenvalue weighted by Gasteiger charge is 2.38. The van der Waals surface area contributed by atoms with Gasteiger partial charge in [-0.2, -0.15) is 8.61 Å². The Morgan fingerprint density at radius 3 is 2.28 bits per heavy atom. The Morgan fingerprint density at radius 2 is 1.62 bits per heavy atom. The van der Waals surface area contributed by atoms with Crippen molar-refractivity contribution in [3.63, 3.8) is 0 Å².